The van der Waals surface area contributed by atoms with Crippen LogP contribution in [0.15, 0.2) is 72.8 Å². The van der Waals surface area contributed by atoms with Gasteiger partial charge in [0.2, 0.25) is 0 Å². The van der Waals surface area contributed by atoms with Gasteiger partial charge < -0.3 is 10.2 Å². The highest BCUT2D eigenvalue weighted by Crippen LogP contribution is 2.46. The number of hydrogen-bond acceptors (Lipinski definition) is 4. The van der Waals surface area contributed by atoms with Gasteiger partial charge in [-0.25, -0.2) is 0 Å². The summed E-state index contributed by atoms with van der Waals surface area (Å²) < 4.78 is 0. The molecule has 0 saturated carbocycles. The third-order valence-electron chi connectivity index (χ3n) is 10.7. The topological polar surface area (TPSA) is 81.1 Å². The molecule has 234 valence electrons. The molecule has 8 heteroatoms. The van der Waals surface area contributed by atoms with Gasteiger partial charge in [0.1, 0.15) is 0 Å². The number of nitrogens with zero attached hydrogens (tertiary/aromatic N) is 2. The van der Waals surface area contributed by atoms with Gasteiger partial charge in [0, 0.05) is 60.5 Å². The lowest BCUT2D eigenvalue weighted by Crippen LogP contribution is -2.51. The fourth-order valence-corrected chi connectivity index (χ4v) is 8.73. The maximum Gasteiger partial charge on any atom is 0.309 e. The molecule has 2 aliphatic heterocycles. The Kier molecular flexibility index (Phi) is 7.45. The van der Waals surface area contributed by atoms with Crippen molar-refractivity contribution >= 4 is 35.1 Å². The fraction of sp³-hybridized carbons (Fsp3) is 0.316. The average molecular weight is 654 g/mol. The van der Waals surface area contributed by atoms with Crippen LogP contribution < -0.4 is 0 Å². The third kappa shape index (κ3) is 4.94. The molecule has 2 heterocycles. The zero-order chi connectivity index (χ0) is 31.7. The normalized spacial score (nSPS) is 21.4. The summed E-state index contributed by atoms with van der Waals surface area (Å²) in [7, 11) is 0. The molecule has 0 radical (unpaired) electrons. The van der Waals surface area contributed by atoms with E-state index in [4.69, 9.17) is 23.2 Å². The highest BCUT2D eigenvalue weighted by atomic mass is 35.5. The SMILES string of the molecule is O=C(O)C1CN([C@@H]2CCc3cc(-c4cccc(-c5cccc(-c6ccc7c(c6)CC[C@H]7N6CC(C(=O)O)C6)c5Cl)c4Cl)ccc32)C1. The molecular formula is C38H34Cl2N2O4. The molecule has 8 rings (SSSR count). The molecule has 2 saturated heterocycles. The largest absolute Gasteiger partial charge is 0.481 e. The van der Waals surface area contributed by atoms with Crippen molar-refractivity contribution in [3.8, 4) is 33.4 Å². The molecule has 2 fully saturated rings. The highest BCUT2D eigenvalue weighted by molar-refractivity contribution is 6.39. The molecule has 4 aromatic carbocycles. The summed E-state index contributed by atoms with van der Waals surface area (Å²) in [6.45, 7) is 2.48. The second kappa shape index (κ2) is 11.5. The number of aliphatic carboxylic acids is 2. The number of aryl methyl sites for hydroxylation is 2. The molecule has 0 unspecified atom stereocenters. The standard InChI is InChI=1S/C38H34Cl2N2O4/c39-35-29(23-7-11-27-21(15-23)9-13-33(27)41-17-25(18-41)37(43)44)3-1-5-31(35)32-6-2-4-30(36(32)40)24-8-12-28-22(16-24)10-14-34(28)42-19-26(20-42)38(45)46/h1-8,11-12,15-16,25-26,33-34H,9-10,13-14,17-20H2,(H,43,44)(H,45,46)/t33-,34-/m1/s1. The highest BCUT2D eigenvalue weighted by Gasteiger charge is 2.40. The Balaban J connectivity index is 1.05. The lowest BCUT2D eigenvalue weighted by atomic mass is 9.92. The van der Waals surface area contributed by atoms with Crippen molar-refractivity contribution in [1.29, 1.82) is 0 Å². The van der Waals surface area contributed by atoms with Gasteiger partial charge >= 0.3 is 11.9 Å². The van der Waals surface area contributed by atoms with E-state index in [1.54, 1.807) is 0 Å². The third-order valence-corrected chi connectivity index (χ3v) is 11.5. The summed E-state index contributed by atoms with van der Waals surface area (Å²) in [6, 6.07) is 25.9. The lowest BCUT2D eigenvalue weighted by Gasteiger charge is -2.41. The first-order valence-electron chi connectivity index (χ1n) is 16.0. The van der Waals surface area contributed by atoms with Crippen molar-refractivity contribution in [2.75, 3.05) is 26.2 Å². The van der Waals surface area contributed by atoms with Crippen molar-refractivity contribution < 1.29 is 19.8 Å². The summed E-state index contributed by atoms with van der Waals surface area (Å²) in [5.74, 6) is -1.91. The number of carbonyl (C=O) groups is 2. The van der Waals surface area contributed by atoms with Crippen LogP contribution in [0.4, 0.5) is 0 Å². The van der Waals surface area contributed by atoms with Gasteiger partial charge in [-0.1, -0.05) is 96.0 Å². The molecule has 0 aromatic heterocycles. The monoisotopic (exact) mass is 652 g/mol. The van der Waals surface area contributed by atoms with Gasteiger partial charge in [-0.05, 0) is 59.1 Å². The number of likely N-dealkylation sites (tertiary alicyclic amines) is 2. The van der Waals surface area contributed by atoms with Crippen LogP contribution in [0.25, 0.3) is 33.4 Å². The Labute approximate surface area is 278 Å². The minimum absolute atomic E-state index is 0.254. The quantitative estimate of drug-likeness (QED) is 0.211. The summed E-state index contributed by atoms with van der Waals surface area (Å²) in [4.78, 5) is 27.2. The number of hydrogen-bond donors (Lipinski definition) is 2. The van der Waals surface area contributed by atoms with E-state index in [0.717, 1.165) is 59.1 Å². The molecule has 0 spiro atoms. The van der Waals surface area contributed by atoms with Crippen LogP contribution in [-0.2, 0) is 22.4 Å². The Hall–Kier alpha value is -3.68. The van der Waals surface area contributed by atoms with E-state index in [2.05, 4.69) is 58.3 Å². The van der Waals surface area contributed by atoms with Crippen LogP contribution in [0.1, 0.15) is 47.2 Å². The van der Waals surface area contributed by atoms with Gasteiger partial charge in [-0.15, -0.1) is 0 Å². The minimum Gasteiger partial charge on any atom is -0.481 e. The van der Waals surface area contributed by atoms with Crippen LogP contribution in [0, 0.1) is 11.8 Å². The first-order chi connectivity index (χ1) is 22.3. The van der Waals surface area contributed by atoms with E-state index in [1.165, 1.54) is 22.3 Å². The maximum absolute atomic E-state index is 11.3. The van der Waals surface area contributed by atoms with Gasteiger partial charge in [0.15, 0.2) is 0 Å². The molecule has 4 aromatic rings. The molecule has 2 atom stereocenters. The summed E-state index contributed by atoms with van der Waals surface area (Å²) in [5, 5.41) is 19.9. The molecule has 2 N–H and O–H groups in total. The predicted octanol–water partition coefficient (Wildman–Crippen LogP) is 8.00. The van der Waals surface area contributed by atoms with E-state index < -0.39 is 11.9 Å². The van der Waals surface area contributed by atoms with Crippen LogP contribution in [0.5, 0.6) is 0 Å². The molecule has 0 bridgehead atoms. The zero-order valence-electron chi connectivity index (χ0n) is 25.3. The zero-order valence-corrected chi connectivity index (χ0v) is 26.8. The van der Waals surface area contributed by atoms with Crippen molar-refractivity contribution in [1.82, 2.24) is 9.80 Å². The van der Waals surface area contributed by atoms with Crippen LogP contribution >= 0.6 is 23.2 Å². The number of benzene rings is 4. The van der Waals surface area contributed by atoms with Crippen molar-refractivity contribution in [3.63, 3.8) is 0 Å². The van der Waals surface area contributed by atoms with Gasteiger partial charge in [-0.2, -0.15) is 0 Å². The van der Waals surface area contributed by atoms with Crippen LogP contribution in [-0.4, -0.2) is 58.1 Å². The van der Waals surface area contributed by atoms with Crippen LogP contribution in [0.2, 0.25) is 10.0 Å². The lowest BCUT2D eigenvalue weighted by molar-refractivity contribution is -0.149. The summed E-state index contributed by atoms with van der Waals surface area (Å²) >= 11 is 14.3. The Morgan fingerprint density at radius 2 is 0.978 bits per heavy atom. The number of halogens is 2. The van der Waals surface area contributed by atoms with Crippen molar-refractivity contribution in [2.45, 2.75) is 37.8 Å². The molecule has 6 nitrogen and oxygen atoms in total. The molecule has 0 amide bonds. The van der Waals surface area contributed by atoms with Crippen molar-refractivity contribution in [3.05, 3.63) is 105 Å². The number of carboxylic acids is 2. The van der Waals surface area contributed by atoms with E-state index in [1.807, 2.05) is 24.3 Å². The first-order valence-corrected chi connectivity index (χ1v) is 16.8. The molecule has 2 aliphatic carbocycles. The first kappa shape index (κ1) is 29.7. The summed E-state index contributed by atoms with van der Waals surface area (Å²) in [6.07, 6.45) is 3.95. The van der Waals surface area contributed by atoms with Gasteiger partial charge in [0.25, 0.3) is 0 Å². The summed E-state index contributed by atoms with van der Waals surface area (Å²) in [5.41, 5.74) is 11.0. The number of fused-ring (bicyclic) bond motifs is 2. The smallest absolute Gasteiger partial charge is 0.309 e. The van der Waals surface area contributed by atoms with E-state index in [9.17, 15) is 19.8 Å². The van der Waals surface area contributed by atoms with Gasteiger partial charge in [-0.3, -0.25) is 19.4 Å². The van der Waals surface area contributed by atoms with Crippen molar-refractivity contribution in [2.24, 2.45) is 11.8 Å². The minimum atomic E-state index is -0.702. The van der Waals surface area contributed by atoms with Crippen LogP contribution in [0.3, 0.4) is 0 Å². The average Bonchev–Trinajstić information content (AvgIpc) is 3.60. The second-order valence-electron chi connectivity index (χ2n) is 13.2. The predicted molar refractivity (Wildman–Crippen MR) is 180 cm³/mol. The number of rotatable bonds is 7. The second-order valence-corrected chi connectivity index (χ2v) is 14.0. The fourth-order valence-electron chi connectivity index (χ4n) is 8.06. The van der Waals surface area contributed by atoms with Gasteiger partial charge in [0.05, 0.1) is 21.9 Å². The maximum atomic E-state index is 11.3. The Bertz CT molecular complexity index is 1760. The molecular weight excluding hydrogens is 619 g/mol. The Morgan fingerprint density at radius 3 is 1.37 bits per heavy atom. The molecule has 4 aliphatic rings. The Morgan fingerprint density at radius 1 is 0.587 bits per heavy atom. The van der Waals surface area contributed by atoms with E-state index in [-0.39, 0.29) is 23.9 Å². The van der Waals surface area contributed by atoms with E-state index >= 15 is 0 Å². The molecule has 46 heavy (non-hydrogen) atoms. The number of carboxylic acid groups (broad SMARTS) is 2. The van der Waals surface area contributed by atoms with E-state index in [0.29, 0.717) is 36.2 Å².